The van der Waals surface area contributed by atoms with E-state index in [4.69, 9.17) is 4.74 Å². The molecule has 2 aromatic carbocycles. The van der Waals surface area contributed by atoms with Gasteiger partial charge in [-0.15, -0.1) is 11.8 Å². The lowest BCUT2D eigenvalue weighted by Crippen LogP contribution is -2.12. The molecule has 0 fully saturated rings. The topological polar surface area (TPSA) is 63.0 Å². The first-order valence-electron chi connectivity index (χ1n) is 8.99. The number of esters is 1. The maximum absolute atomic E-state index is 12.6. The van der Waals surface area contributed by atoms with Crippen molar-refractivity contribution in [2.24, 2.45) is 0 Å². The van der Waals surface area contributed by atoms with Gasteiger partial charge in [0.05, 0.1) is 23.4 Å². The van der Waals surface area contributed by atoms with Gasteiger partial charge >= 0.3 is 5.97 Å². The summed E-state index contributed by atoms with van der Waals surface area (Å²) in [5, 5.41) is 10.6. The summed E-state index contributed by atoms with van der Waals surface area (Å²) in [6.07, 6.45) is 0. The van der Waals surface area contributed by atoms with Crippen LogP contribution >= 0.6 is 11.8 Å². The molecule has 0 spiro atoms. The Hall–Kier alpha value is -3.10. The summed E-state index contributed by atoms with van der Waals surface area (Å²) in [6, 6.07) is 21.8. The normalized spacial score (nSPS) is 10.3. The van der Waals surface area contributed by atoms with E-state index in [0.717, 1.165) is 11.1 Å². The molecule has 0 aliphatic rings. The van der Waals surface area contributed by atoms with Crippen molar-refractivity contribution in [2.75, 3.05) is 6.61 Å². The zero-order chi connectivity index (χ0) is 19.9. The monoisotopic (exact) mass is 388 g/mol. The van der Waals surface area contributed by atoms with Crippen molar-refractivity contribution in [1.29, 1.82) is 5.26 Å². The standard InChI is InChI=1S/C23H20N2O2S/c1-3-27-23(26)20-16(2)25-22(28-15-17-10-6-4-7-11-17)19(14-24)21(20)18-12-8-5-9-13-18/h4-13H,3,15H2,1-2H3. The number of nitriles is 1. The van der Waals surface area contributed by atoms with Crippen LogP contribution in [0.5, 0.6) is 0 Å². The van der Waals surface area contributed by atoms with Crippen molar-refractivity contribution in [3.05, 3.63) is 83.0 Å². The van der Waals surface area contributed by atoms with Crippen molar-refractivity contribution < 1.29 is 9.53 Å². The third-order valence-electron chi connectivity index (χ3n) is 4.22. The van der Waals surface area contributed by atoms with Gasteiger partial charge in [0.2, 0.25) is 0 Å². The van der Waals surface area contributed by atoms with E-state index in [2.05, 4.69) is 11.1 Å². The number of benzene rings is 2. The molecule has 4 nitrogen and oxygen atoms in total. The third kappa shape index (κ3) is 4.24. The third-order valence-corrected chi connectivity index (χ3v) is 5.26. The van der Waals surface area contributed by atoms with Gasteiger partial charge in [-0.05, 0) is 25.0 Å². The van der Waals surface area contributed by atoms with E-state index in [1.54, 1.807) is 13.8 Å². The second kappa shape index (κ2) is 9.20. The number of hydrogen-bond donors (Lipinski definition) is 0. The molecule has 3 aromatic rings. The van der Waals surface area contributed by atoms with Crippen LogP contribution in [0.3, 0.4) is 0 Å². The molecule has 0 radical (unpaired) electrons. The summed E-state index contributed by atoms with van der Waals surface area (Å²) in [7, 11) is 0. The Balaban J connectivity index is 2.13. The fourth-order valence-electron chi connectivity index (χ4n) is 2.96. The van der Waals surface area contributed by atoms with Gasteiger partial charge in [0.15, 0.2) is 0 Å². The van der Waals surface area contributed by atoms with E-state index in [1.165, 1.54) is 11.8 Å². The van der Waals surface area contributed by atoms with Gasteiger partial charge in [0.25, 0.3) is 0 Å². The van der Waals surface area contributed by atoms with Crippen LogP contribution in [-0.2, 0) is 10.5 Å². The molecule has 0 aliphatic heterocycles. The van der Waals surface area contributed by atoms with Crippen LogP contribution in [0, 0.1) is 18.3 Å². The molecule has 0 unspecified atom stereocenters. The predicted octanol–water partition coefficient (Wildman–Crippen LogP) is 5.40. The molecule has 28 heavy (non-hydrogen) atoms. The smallest absolute Gasteiger partial charge is 0.340 e. The van der Waals surface area contributed by atoms with Crippen LogP contribution < -0.4 is 0 Å². The number of pyridine rings is 1. The highest BCUT2D eigenvalue weighted by Crippen LogP contribution is 2.36. The molecule has 5 heteroatoms. The Labute approximate surface area is 169 Å². The zero-order valence-corrected chi connectivity index (χ0v) is 16.6. The van der Waals surface area contributed by atoms with Gasteiger partial charge in [-0.1, -0.05) is 60.7 Å². The van der Waals surface area contributed by atoms with E-state index < -0.39 is 5.97 Å². The Kier molecular flexibility index (Phi) is 6.46. The number of thioether (sulfide) groups is 1. The fourth-order valence-corrected chi connectivity index (χ4v) is 3.95. The van der Waals surface area contributed by atoms with Gasteiger partial charge in [0.1, 0.15) is 11.1 Å². The minimum Gasteiger partial charge on any atom is -0.462 e. The Bertz CT molecular complexity index is 1010. The van der Waals surface area contributed by atoms with Crippen molar-refractivity contribution in [1.82, 2.24) is 4.98 Å². The minimum absolute atomic E-state index is 0.263. The van der Waals surface area contributed by atoms with Crippen LogP contribution in [0.4, 0.5) is 0 Å². The molecular weight excluding hydrogens is 368 g/mol. The van der Waals surface area contributed by atoms with Crippen molar-refractivity contribution in [3.63, 3.8) is 0 Å². The Morgan fingerprint density at radius 2 is 1.75 bits per heavy atom. The zero-order valence-electron chi connectivity index (χ0n) is 15.8. The van der Waals surface area contributed by atoms with Crippen molar-refractivity contribution in [3.8, 4) is 17.2 Å². The van der Waals surface area contributed by atoms with Crippen LogP contribution in [-0.4, -0.2) is 17.6 Å². The average molecular weight is 388 g/mol. The number of hydrogen-bond acceptors (Lipinski definition) is 5. The number of carbonyl (C=O) groups is 1. The number of aromatic nitrogens is 1. The fraction of sp³-hybridized carbons (Fsp3) is 0.174. The predicted molar refractivity (Wildman–Crippen MR) is 111 cm³/mol. The van der Waals surface area contributed by atoms with E-state index in [-0.39, 0.29) is 6.61 Å². The maximum atomic E-state index is 12.6. The first-order chi connectivity index (χ1) is 13.7. The van der Waals surface area contributed by atoms with Gasteiger partial charge in [-0.2, -0.15) is 5.26 Å². The summed E-state index contributed by atoms with van der Waals surface area (Å²) in [5.41, 5.74) is 3.85. The highest BCUT2D eigenvalue weighted by atomic mass is 32.2. The first kappa shape index (κ1) is 19.7. The number of rotatable bonds is 6. The first-order valence-corrected chi connectivity index (χ1v) is 9.98. The largest absolute Gasteiger partial charge is 0.462 e. The molecule has 0 saturated carbocycles. The SMILES string of the molecule is CCOC(=O)c1c(C)nc(SCc2ccccc2)c(C#N)c1-c1ccccc1. The molecule has 1 heterocycles. The highest BCUT2D eigenvalue weighted by Gasteiger charge is 2.25. The number of carbonyl (C=O) groups excluding carboxylic acids is 1. The highest BCUT2D eigenvalue weighted by molar-refractivity contribution is 7.98. The van der Waals surface area contributed by atoms with Crippen molar-refractivity contribution in [2.45, 2.75) is 24.6 Å². The van der Waals surface area contributed by atoms with E-state index in [9.17, 15) is 10.1 Å². The second-order valence-corrected chi connectivity index (χ2v) is 7.06. The van der Waals surface area contributed by atoms with Crippen LogP contribution in [0.1, 0.15) is 34.1 Å². The summed E-state index contributed by atoms with van der Waals surface area (Å²) in [6.45, 7) is 3.81. The minimum atomic E-state index is -0.456. The van der Waals surface area contributed by atoms with E-state index in [0.29, 0.717) is 33.2 Å². The van der Waals surface area contributed by atoms with E-state index in [1.807, 2.05) is 60.7 Å². The molecule has 0 bridgehead atoms. The molecule has 0 amide bonds. The summed E-state index contributed by atoms with van der Waals surface area (Å²) >= 11 is 1.50. The quantitative estimate of drug-likeness (QED) is 0.418. The average Bonchev–Trinajstić information content (AvgIpc) is 2.73. The molecular formula is C23H20N2O2S. The van der Waals surface area contributed by atoms with Crippen LogP contribution in [0.2, 0.25) is 0 Å². The maximum Gasteiger partial charge on any atom is 0.340 e. The molecule has 1 aromatic heterocycles. The van der Waals surface area contributed by atoms with Gasteiger partial charge < -0.3 is 4.74 Å². The summed E-state index contributed by atoms with van der Waals surface area (Å²) < 4.78 is 5.24. The van der Waals surface area contributed by atoms with Gasteiger partial charge in [0, 0.05) is 11.3 Å². The number of nitrogens with zero attached hydrogens (tertiary/aromatic N) is 2. The molecule has 0 atom stereocenters. The van der Waals surface area contributed by atoms with Crippen molar-refractivity contribution >= 4 is 17.7 Å². The Morgan fingerprint density at radius 1 is 1.11 bits per heavy atom. The molecule has 140 valence electrons. The molecule has 0 N–H and O–H groups in total. The number of ether oxygens (including phenoxy) is 1. The Morgan fingerprint density at radius 3 is 2.36 bits per heavy atom. The lowest BCUT2D eigenvalue weighted by molar-refractivity contribution is 0.0525. The van der Waals surface area contributed by atoms with Gasteiger partial charge in [-0.25, -0.2) is 9.78 Å². The summed E-state index contributed by atoms with van der Waals surface area (Å²) in [4.78, 5) is 17.2. The van der Waals surface area contributed by atoms with Crippen LogP contribution in [0.25, 0.3) is 11.1 Å². The summed E-state index contributed by atoms with van der Waals surface area (Å²) in [5.74, 6) is 0.233. The van der Waals surface area contributed by atoms with Crippen LogP contribution in [0.15, 0.2) is 65.7 Å². The molecule has 0 saturated heterocycles. The molecule has 0 aliphatic carbocycles. The van der Waals surface area contributed by atoms with E-state index >= 15 is 0 Å². The van der Waals surface area contributed by atoms with Gasteiger partial charge in [-0.3, -0.25) is 0 Å². The second-order valence-electron chi connectivity index (χ2n) is 6.10. The number of aryl methyl sites for hydroxylation is 1. The molecule has 3 rings (SSSR count). The lowest BCUT2D eigenvalue weighted by Gasteiger charge is -2.16. The lowest BCUT2D eigenvalue weighted by atomic mass is 9.95.